The minimum atomic E-state index is -0.435. The van der Waals surface area contributed by atoms with E-state index in [2.05, 4.69) is 29.0 Å². The average Bonchev–Trinajstić information content (AvgIpc) is 3.77. The Kier molecular flexibility index (Phi) is 24.4. The molecule has 6 aliphatic rings. The number of rotatable bonds is 9. The number of carbonyl (C=O) groups is 4. The topological polar surface area (TPSA) is 121 Å². The number of piperidine rings is 4. The standard InChI is InChI=1S/C24H35FN4O3.C21H30FN3O2.C4H9.C3H6ClNO.Li/c1-4-32-24(31)29-20-9-10-21(29)16-22(15-20)27-13-11-19(12-14-27)28(23(30)26(2)3)18-7-5-17(25)6-8-18;1-2-27-21(26)25-18-7-8-19(25)14-20(13-18)24-11-9-17(10-12-24)23-16-5-3-15(22)4-6-16;1-3-4-2;1-5(2)3(4)6;/h5-8,19-22H,4,9-16H2,1-3H3;3-6,17-20,23H,2,7-14H2,1H3;1,3-4H2,2H3;1-2H3;/q;;-1;;+1. The maximum Gasteiger partial charge on any atom is 1.00 e. The molecule has 5 amide bonds. The molecule has 0 spiro atoms. The number of nitrogens with one attached hydrogen (secondary N) is 1. The Balaban J connectivity index is 0.000000254. The van der Waals surface area contributed by atoms with Gasteiger partial charge in [0.25, 0.3) is 0 Å². The van der Waals surface area contributed by atoms with Crippen LogP contribution >= 0.6 is 11.6 Å². The van der Waals surface area contributed by atoms with E-state index < -0.39 is 5.37 Å². The molecule has 4 atom stereocenters. The Morgan fingerprint density at radius 2 is 1.00 bits per heavy atom. The van der Waals surface area contributed by atoms with Crippen LogP contribution in [0.2, 0.25) is 0 Å². The maximum atomic E-state index is 13.4. The predicted octanol–water partition coefficient (Wildman–Crippen LogP) is 7.32. The van der Waals surface area contributed by atoms with Gasteiger partial charge in [-0.3, -0.25) is 9.69 Å². The third-order valence-corrected chi connectivity index (χ3v) is 14.8. The van der Waals surface area contributed by atoms with Crippen molar-refractivity contribution in [1.82, 2.24) is 29.4 Å². The van der Waals surface area contributed by atoms with E-state index in [1.165, 1.54) is 35.6 Å². The van der Waals surface area contributed by atoms with Gasteiger partial charge in [-0.25, -0.2) is 23.2 Å². The minimum absolute atomic E-state index is 0. The van der Waals surface area contributed by atoms with E-state index in [-0.39, 0.29) is 66.8 Å². The zero-order chi connectivity index (χ0) is 50.2. The van der Waals surface area contributed by atoms with Crippen LogP contribution in [0.15, 0.2) is 48.5 Å². The number of hydrogen-bond donors (Lipinski definition) is 1. The van der Waals surface area contributed by atoms with Crippen molar-refractivity contribution in [1.29, 1.82) is 0 Å². The Labute approximate surface area is 434 Å². The van der Waals surface area contributed by atoms with Gasteiger partial charge in [0, 0.05) is 114 Å². The second-order valence-electron chi connectivity index (χ2n) is 19.5. The summed E-state index contributed by atoms with van der Waals surface area (Å²) in [5.74, 6) is -0.497. The Morgan fingerprint density at radius 1 is 0.629 bits per heavy atom. The monoisotopic (exact) mass is 993 g/mol. The van der Waals surface area contributed by atoms with E-state index in [4.69, 9.17) is 21.1 Å². The van der Waals surface area contributed by atoms with Gasteiger partial charge in [0.2, 0.25) is 0 Å². The predicted molar refractivity (Wildman–Crippen MR) is 270 cm³/mol. The molecule has 4 bridgehead atoms. The van der Waals surface area contributed by atoms with Crippen molar-refractivity contribution in [2.24, 2.45) is 0 Å². The number of likely N-dealkylation sites (tertiary alicyclic amines) is 2. The molecule has 0 saturated carbocycles. The molecule has 0 aromatic heterocycles. The largest absolute Gasteiger partial charge is 1.00 e. The van der Waals surface area contributed by atoms with Crippen LogP contribution in [0.25, 0.3) is 0 Å². The number of urea groups is 1. The fourth-order valence-electron chi connectivity index (χ4n) is 10.9. The molecular formula is C52H80ClF2LiN8O6. The summed E-state index contributed by atoms with van der Waals surface area (Å²) in [4.78, 5) is 61.3. The number of halogens is 3. The van der Waals surface area contributed by atoms with Gasteiger partial charge in [0.15, 0.2) is 0 Å². The van der Waals surface area contributed by atoms with Crippen molar-refractivity contribution in [2.75, 3.05) is 77.8 Å². The SMILES string of the molecule is CCOC(=O)N1C2CCC1CC(N1CCC(N(C(=O)N(C)C)c3ccc(F)cc3)CC1)C2.CCOC(=O)N1C2CCC1CC(N1CCC(Nc3ccc(F)cc3)CC1)C2.CN(C)C(=O)Cl.[CH2-]CCC.[Li+]. The number of benzene rings is 2. The molecule has 1 N–H and O–H groups in total. The summed E-state index contributed by atoms with van der Waals surface area (Å²) in [6, 6.07) is 15.6. The number of nitrogens with zero attached hydrogens (tertiary/aromatic N) is 7. The molecule has 2 aromatic carbocycles. The van der Waals surface area contributed by atoms with Crippen molar-refractivity contribution in [3.05, 3.63) is 67.1 Å². The minimum Gasteiger partial charge on any atom is -0.450 e. The molecule has 0 radical (unpaired) electrons. The van der Waals surface area contributed by atoms with Crippen molar-refractivity contribution in [3.63, 3.8) is 0 Å². The zero-order valence-corrected chi connectivity index (χ0v) is 44.1. The van der Waals surface area contributed by atoms with Gasteiger partial charge in [-0.2, -0.15) is 6.42 Å². The summed E-state index contributed by atoms with van der Waals surface area (Å²) in [5.41, 5.74) is 1.74. The summed E-state index contributed by atoms with van der Waals surface area (Å²) in [7, 11) is 6.69. The first-order chi connectivity index (χ1) is 33.1. The van der Waals surface area contributed by atoms with Crippen molar-refractivity contribution in [3.8, 4) is 0 Å². The third-order valence-electron chi connectivity index (χ3n) is 14.4. The van der Waals surface area contributed by atoms with Crippen LogP contribution in [0, 0.1) is 18.6 Å². The average molecular weight is 994 g/mol. The molecule has 70 heavy (non-hydrogen) atoms. The molecule has 2 aromatic rings. The molecule has 386 valence electrons. The summed E-state index contributed by atoms with van der Waals surface area (Å²) < 4.78 is 37.0. The zero-order valence-electron chi connectivity index (χ0n) is 43.3. The second-order valence-corrected chi connectivity index (χ2v) is 19.8. The van der Waals surface area contributed by atoms with Gasteiger partial charge in [-0.15, -0.1) is 0 Å². The number of amides is 5. The summed E-state index contributed by atoms with van der Waals surface area (Å²) in [5, 5.41) is 3.10. The number of anilines is 2. The number of hydrogen-bond acceptors (Lipinski definition) is 9. The number of unbranched alkanes of at least 4 members (excludes halogenated alkanes) is 1. The van der Waals surface area contributed by atoms with Crippen LogP contribution < -0.4 is 29.1 Å². The van der Waals surface area contributed by atoms with Gasteiger partial charge in [0.05, 0.1) is 13.2 Å². The summed E-state index contributed by atoms with van der Waals surface area (Å²) in [6.07, 6.45) is 14.5. The van der Waals surface area contributed by atoms with Crippen molar-refractivity contribution >= 4 is 46.6 Å². The number of fused-ring (bicyclic) bond motifs is 4. The summed E-state index contributed by atoms with van der Waals surface area (Å²) >= 11 is 4.90. The maximum absolute atomic E-state index is 13.4. The third kappa shape index (κ3) is 16.4. The van der Waals surface area contributed by atoms with Crippen LogP contribution in [0.5, 0.6) is 0 Å². The summed E-state index contributed by atoms with van der Waals surface area (Å²) in [6.45, 7) is 14.3. The van der Waals surface area contributed by atoms with Gasteiger partial charge < -0.3 is 51.1 Å². The van der Waals surface area contributed by atoms with Crippen LogP contribution in [0.4, 0.5) is 39.3 Å². The molecule has 6 aliphatic heterocycles. The van der Waals surface area contributed by atoms with E-state index in [0.717, 1.165) is 121 Å². The van der Waals surface area contributed by atoms with Crippen LogP contribution in [-0.2, 0) is 9.47 Å². The Bertz CT molecular complexity index is 1880. The van der Waals surface area contributed by atoms with Crippen LogP contribution in [-0.4, -0.2) is 169 Å². The molecular weight excluding hydrogens is 913 g/mol. The molecule has 4 unspecified atom stereocenters. The molecule has 14 nitrogen and oxygen atoms in total. The van der Waals surface area contributed by atoms with E-state index >= 15 is 0 Å². The first-order valence-corrected chi connectivity index (χ1v) is 25.8. The number of carbonyl (C=O) groups excluding carboxylic acids is 4. The van der Waals surface area contributed by atoms with Crippen LogP contribution in [0.3, 0.4) is 0 Å². The quantitative estimate of drug-likeness (QED) is 0.119. The van der Waals surface area contributed by atoms with Gasteiger partial charge >= 0.3 is 42.4 Å². The molecule has 8 rings (SSSR count). The van der Waals surface area contributed by atoms with E-state index in [1.807, 2.05) is 40.7 Å². The fraction of sp³-hybridized carbons (Fsp3) is 0.673. The smallest absolute Gasteiger partial charge is 0.450 e. The Morgan fingerprint density at radius 3 is 1.34 bits per heavy atom. The first-order valence-electron chi connectivity index (χ1n) is 25.4. The van der Waals surface area contributed by atoms with Crippen molar-refractivity contribution < 1.29 is 56.3 Å². The Hall–Kier alpha value is -3.81. The molecule has 0 aliphatic carbocycles. The normalized spacial score (nSPS) is 24.2. The number of ether oxygens (including phenoxy) is 2. The van der Waals surface area contributed by atoms with Gasteiger partial charge in [-0.1, -0.05) is 13.3 Å². The van der Waals surface area contributed by atoms with Gasteiger partial charge in [-0.05, 0) is 151 Å². The molecule has 6 heterocycles. The van der Waals surface area contributed by atoms with E-state index in [9.17, 15) is 28.0 Å². The first kappa shape index (κ1) is 58.8. The van der Waals surface area contributed by atoms with Crippen LogP contribution in [0.1, 0.15) is 111 Å². The second kappa shape index (κ2) is 29.0. The molecule has 18 heteroatoms. The van der Waals surface area contributed by atoms with Crippen molar-refractivity contribution in [2.45, 2.75) is 159 Å². The van der Waals surface area contributed by atoms with E-state index in [0.29, 0.717) is 43.4 Å². The van der Waals surface area contributed by atoms with Gasteiger partial charge in [0.1, 0.15) is 11.6 Å². The molecule has 6 saturated heterocycles. The fourth-order valence-corrected chi connectivity index (χ4v) is 10.9. The molecule has 6 fully saturated rings. The van der Waals surface area contributed by atoms with E-state index in [1.54, 1.807) is 45.2 Å².